The molecule has 2 aromatic heterocycles. The lowest BCUT2D eigenvalue weighted by atomic mass is 10.1. The summed E-state index contributed by atoms with van der Waals surface area (Å²) in [6.45, 7) is -0.162. The highest BCUT2D eigenvalue weighted by Crippen LogP contribution is 2.52. The Kier molecular flexibility index (Phi) is 3.80. The molecule has 24 heavy (non-hydrogen) atoms. The Bertz CT molecular complexity index is 848. The van der Waals surface area contributed by atoms with Crippen molar-refractivity contribution < 1.29 is 28.3 Å². The van der Waals surface area contributed by atoms with Crippen molar-refractivity contribution in [2.45, 2.75) is 29.7 Å². The molecule has 11 nitrogen and oxygen atoms in total. The molecule has 0 saturated carbocycles. The van der Waals surface area contributed by atoms with Gasteiger partial charge in [-0.1, -0.05) is 11.8 Å². The number of phosphoric ester groups is 1. The molecule has 0 aromatic carbocycles. The lowest BCUT2D eigenvalue weighted by Gasteiger charge is -2.27. The van der Waals surface area contributed by atoms with Gasteiger partial charge in [-0.15, -0.1) is 0 Å². The van der Waals surface area contributed by atoms with Gasteiger partial charge in [0.1, 0.15) is 24.6 Å². The number of aromatic nitrogens is 4. The maximum absolute atomic E-state index is 11.6. The van der Waals surface area contributed by atoms with Crippen LogP contribution >= 0.6 is 19.6 Å². The summed E-state index contributed by atoms with van der Waals surface area (Å²) in [5.74, 6) is 0.207. The second-order valence-electron chi connectivity index (χ2n) is 5.29. The Morgan fingerprint density at radius 3 is 3.04 bits per heavy atom. The number of aliphatic hydroxyl groups excluding tert-OH is 1. The minimum absolute atomic E-state index is 0.162. The molecule has 5 atom stereocenters. The first kappa shape index (κ1) is 16.2. The van der Waals surface area contributed by atoms with E-state index in [1.807, 2.05) is 0 Å². The summed E-state index contributed by atoms with van der Waals surface area (Å²) < 4.78 is 28.6. The number of thioether (sulfide) groups is 1. The van der Waals surface area contributed by atoms with Crippen LogP contribution in [0.2, 0.25) is 0 Å². The zero-order valence-electron chi connectivity index (χ0n) is 12.3. The van der Waals surface area contributed by atoms with Crippen LogP contribution in [0.1, 0.15) is 6.23 Å². The molecule has 0 bridgehead atoms. The fraction of sp³-hybridized carbons (Fsp3) is 0.545. The number of hydrogen-bond donors (Lipinski definition) is 3. The number of fused-ring (bicyclic) bond motifs is 2. The molecule has 2 fully saturated rings. The van der Waals surface area contributed by atoms with Crippen LogP contribution in [0.25, 0.3) is 11.2 Å². The van der Waals surface area contributed by atoms with Crippen LogP contribution in [0, 0.1) is 0 Å². The Balaban J connectivity index is 1.78. The van der Waals surface area contributed by atoms with Gasteiger partial charge in [-0.3, -0.25) is 13.6 Å². The Labute approximate surface area is 139 Å². The number of nitrogen functional groups attached to an aromatic ring is 1. The van der Waals surface area contributed by atoms with Gasteiger partial charge in [0.2, 0.25) is 0 Å². The fourth-order valence-electron chi connectivity index (χ4n) is 2.83. The molecule has 2 aliphatic heterocycles. The summed E-state index contributed by atoms with van der Waals surface area (Å²) in [4.78, 5) is 21.9. The van der Waals surface area contributed by atoms with Crippen molar-refractivity contribution in [2.75, 3.05) is 18.6 Å². The van der Waals surface area contributed by atoms with Crippen molar-refractivity contribution in [1.29, 1.82) is 0 Å². The topological polar surface area (TPSA) is 155 Å². The zero-order valence-corrected chi connectivity index (χ0v) is 14.1. The molecule has 0 radical (unpaired) electrons. The van der Waals surface area contributed by atoms with Gasteiger partial charge in [0.15, 0.2) is 28.4 Å². The molecule has 2 aromatic rings. The molecule has 4 heterocycles. The third-order valence-electron chi connectivity index (χ3n) is 3.88. The van der Waals surface area contributed by atoms with Crippen LogP contribution < -0.4 is 5.73 Å². The molecule has 4 rings (SSSR count). The number of nitrogens with zero attached hydrogens (tertiary/aromatic N) is 4. The van der Waals surface area contributed by atoms with Crippen LogP contribution in [0.3, 0.4) is 0 Å². The van der Waals surface area contributed by atoms with E-state index in [9.17, 15) is 14.6 Å². The number of nitrogens with two attached hydrogens (primary N) is 1. The Morgan fingerprint density at radius 1 is 1.50 bits per heavy atom. The summed E-state index contributed by atoms with van der Waals surface area (Å²) in [5, 5.41) is 11.1. The molecule has 2 aliphatic rings. The number of imidazole rings is 1. The largest absolute Gasteiger partial charge is 0.472 e. The lowest BCUT2D eigenvalue weighted by Crippen LogP contribution is -2.39. The third kappa shape index (κ3) is 2.42. The highest BCUT2D eigenvalue weighted by atomic mass is 32.2. The van der Waals surface area contributed by atoms with Crippen molar-refractivity contribution in [3.63, 3.8) is 0 Å². The first-order valence-electron chi connectivity index (χ1n) is 6.93. The van der Waals surface area contributed by atoms with E-state index >= 15 is 0 Å². The smallest absolute Gasteiger partial charge is 0.386 e. The molecule has 4 N–H and O–H groups in total. The summed E-state index contributed by atoms with van der Waals surface area (Å²) >= 11 is 1.31. The van der Waals surface area contributed by atoms with Gasteiger partial charge in [0, 0.05) is 0 Å². The van der Waals surface area contributed by atoms with E-state index in [2.05, 4.69) is 15.0 Å². The van der Waals surface area contributed by atoms with Crippen molar-refractivity contribution in [2.24, 2.45) is 0 Å². The van der Waals surface area contributed by atoms with Crippen LogP contribution in [0.4, 0.5) is 5.82 Å². The predicted octanol–water partition coefficient (Wildman–Crippen LogP) is -0.0955. The maximum atomic E-state index is 11.6. The number of phosphoric acid groups is 1. The fourth-order valence-corrected chi connectivity index (χ4v) is 4.36. The average Bonchev–Trinajstić information content (AvgIpc) is 3.06. The van der Waals surface area contributed by atoms with Crippen molar-refractivity contribution in [1.82, 2.24) is 19.5 Å². The molecule has 2 saturated heterocycles. The number of ether oxygens (including phenoxy) is 1. The molecular weight excluding hydrogens is 361 g/mol. The molecule has 0 aliphatic carbocycles. The molecule has 0 amide bonds. The first-order valence-corrected chi connectivity index (χ1v) is 9.65. The van der Waals surface area contributed by atoms with Crippen molar-refractivity contribution in [3.05, 3.63) is 6.33 Å². The molecule has 0 spiro atoms. The van der Waals surface area contributed by atoms with Crippen LogP contribution in [0.15, 0.2) is 11.5 Å². The minimum Gasteiger partial charge on any atom is -0.386 e. The molecular formula is C11H14N5O6PS. The summed E-state index contributed by atoms with van der Waals surface area (Å²) in [7, 11) is -4.19. The van der Waals surface area contributed by atoms with E-state index in [0.717, 1.165) is 0 Å². The Morgan fingerprint density at radius 2 is 2.29 bits per heavy atom. The first-order chi connectivity index (χ1) is 11.4. The third-order valence-corrected chi connectivity index (χ3v) is 5.51. The van der Waals surface area contributed by atoms with E-state index < -0.39 is 32.4 Å². The second kappa shape index (κ2) is 5.63. The average molecular weight is 375 g/mol. The second-order valence-corrected chi connectivity index (χ2v) is 7.47. The van der Waals surface area contributed by atoms with Gasteiger partial charge in [0.25, 0.3) is 0 Å². The maximum Gasteiger partial charge on any atom is 0.472 e. The molecule has 13 heteroatoms. The van der Waals surface area contributed by atoms with Gasteiger partial charge in [0.05, 0.1) is 6.61 Å². The van der Waals surface area contributed by atoms with E-state index in [4.69, 9.17) is 19.5 Å². The number of anilines is 1. The zero-order chi connectivity index (χ0) is 17.1. The summed E-state index contributed by atoms with van der Waals surface area (Å²) in [6.07, 6.45) is -0.716. The number of aliphatic hydroxyl groups is 1. The standard InChI is InChI=1S/C11H14N5O6PS/c1-24-11-15-5-8(12)13-3-14-9(5)16(11)10-6(17)7-4(21-10)2-20-23(18,19)22-7/h3-4,6-7,10,17H,2H2,1H3,(H,18,19)(H2,12,13,14)/t4-,6-,7-,10-/m1/s1. The Hall–Kier alpha value is -1.27. The summed E-state index contributed by atoms with van der Waals surface area (Å²) in [5.41, 5.74) is 6.60. The minimum atomic E-state index is -4.19. The normalized spacial score (nSPS) is 36.1. The van der Waals surface area contributed by atoms with Gasteiger partial charge >= 0.3 is 7.82 Å². The molecule has 1 unspecified atom stereocenters. The summed E-state index contributed by atoms with van der Waals surface area (Å²) in [6, 6.07) is 0. The highest BCUT2D eigenvalue weighted by Gasteiger charge is 2.53. The van der Waals surface area contributed by atoms with Gasteiger partial charge < -0.3 is 20.5 Å². The molecule has 130 valence electrons. The number of rotatable bonds is 2. The highest BCUT2D eigenvalue weighted by molar-refractivity contribution is 7.98. The lowest BCUT2D eigenvalue weighted by molar-refractivity contribution is -0.0684. The van der Waals surface area contributed by atoms with Crippen LogP contribution in [-0.2, 0) is 18.3 Å². The SMILES string of the molecule is CSc1nc2c(N)ncnc2n1[C@@H]1O[C@@H]2COP(=O)(O)O[C@H]2[C@H]1O. The van der Waals surface area contributed by atoms with Gasteiger partial charge in [-0.2, -0.15) is 0 Å². The number of hydrogen-bond acceptors (Lipinski definition) is 10. The van der Waals surface area contributed by atoms with Gasteiger partial charge in [-0.05, 0) is 6.26 Å². The van der Waals surface area contributed by atoms with Crippen molar-refractivity contribution >= 4 is 36.6 Å². The van der Waals surface area contributed by atoms with E-state index in [-0.39, 0.29) is 12.4 Å². The van der Waals surface area contributed by atoms with Crippen LogP contribution in [-0.4, -0.2) is 60.7 Å². The predicted molar refractivity (Wildman–Crippen MR) is 82.1 cm³/mol. The van der Waals surface area contributed by atoms with Gasteiger partial charge in [-0.25, -0.2) is 19.5 Å². The van der Waals surface area contributed by atoms with E-state index in [1.165, 1.54) is 18.1 Å². The van der Waals surface area contributed by atoms with E-state index in [0.29, 0.717) is 16.3 Å². The van der Waals surface area contributed by atoms with Crippen LogP contribution in [0.5, 0.6) is 0 Å². The quantitative estimate of drug-likeness (QED) is 0.476. The monoisotopic (exact) mass is 375 g/mol. The van der Waals surface area contributed by atoms with Crippen molar-refractivity contribution in [3.8, 4) is 0 Å². The van der Waals surface area contributed by atoms with E-state index in [1.54, 1.807) is 10.8 Å².